The molecule has 30 heavy (non-hydrogen) atoms. The van der Waals surface area contributed by atoms with Gasteiger partial charge in [-0.3, -0.25) is 9.36 Å². The van der Waals surface area contributed by atoms with Crippen molar-refractivity contribution < 1.29 is 13.2 Å². The van der Waals surface area contributed by atoms with Gasteiger partial charge in [0.05, 0.1) is 15.9 Å². The highest BCUT2D eigenvalue weighted by Crippen LogP contribution is 2.22. The van der Waals surface area contributed by atoms with E-state index in [4.69, 9.17) is 0 Å². The summed E-state index contributed by atoms with van der Waals surface area (Å²) in [4.78, 5) is 29.6. The van der Waals surface area contributed by atoms with E-state index in [1.807, 2.05) is 25.1 Å². The molecular weight excluding hydrogens is 404 g/mol. The fraction of sp³-hybridized carbons (Fsp3) is 0.333. The molecule has 0 saturated carbocycles. The molecule has 8 nitrogen and oxygen atoms in total. The first kappa shape index (κ1) is 20.4. The van der Waals surface area contributed by atoms with Crippen LogP contribution in [0.2, 0.25) is 0 Å². The third-order valence-corrected chi connectivity index (χ3v) is 7.57. The topological polar surface area (TPSA) is 95.5 Å². The van der Waals surface area contributed by atoms with Crippen LogP contribution in [0.25, 0.3) is 11.0 Å². The highest BCUT2D eigenvalue weighted by molar-refractivity contribution is 7.89. The number of carbonyl (C=O) groups excluding carboxylic acids is 1. The van der Waals surface area contributed by atoms with Gasteiger partial charge in [0, 0.05) is 26.2 Å². The molecule has 1 aliphatic heterocycles. The molecule has 9 heteroatoms. The van der Waals surface area contributed by atoms with Crippen molar-refractivity contribution in [3.05, 3.63) is 64.1 Å². The molecule has 1 amide bonds. The normalized spacial score (nSPS) is 15.6. The number of amides is 1. The zero-order valence-electron chi connectivity index (χ0n) is 17.0. The zero-order valence-corrected chi connectivity index (χ0v) is 17.8. The summed E-state index contributed by atoms with van der Waals surface area (Å²) in [5, 5.41) is 0. The molecule has 0 bridgehead atoms. The Morgan fingerprint density at radius 1 is 1.03 bits per heavy atom. The Kier molecular flexibility index (Phi) is 5.25. The van der Waals surface area contributed by atoms with E-state index >= 15 is 0 Å². The molecule has 1 N–H and O–H groups in total. The van der Waals surface area contributed by atoms with Crippen LogP contribution in [-0.2, 0) is 21.4 Å². The first-order chi connectivity index (χ1) is 14.3. The maximum absolute atomic E-state index is 13.1. The van der Waals surface area contributed by atoms with Gasteiger partial charge < -0.3 is 9.88 Å². The van der Waals surface area contributed by atoms with Gasteiger partial charge in [0.25, 0.3) is 0 Å². The van der Waals surface area contributed by atoms with E-state index in [2.05, 4.69) is 4.98 Å². The highest BCUT2D eigenvalue weighted by atomic mass is 32.2. The van der Waals surface area contributed by atoms with Gasteiger partial charge in [-0.05, 0) is 43.2 Å². The monoisotopic (exact) mass is 428 g/mol. The molecule has 0 unspecified atom stereocenters. The maximum Gasteiger partial charge on any atom is 0.326 e. The molecule has 0 atom stereocenters. The van der Waals surface area contributed by atoms with Crippen LogP contribution in [0.3, 0.4) is 0 Å². The number of nitrogens with one attached hydrogen (secondary N) is 1. The summed E-state index contributed by atoms with van der Waals surface area (Å²) < 4.78 is 29.0. The molecule has 158 valence electrons. The number of rotatable bonds is 4. The van der Waals surface area contributed by atoms with Crippen molar-refractivity contribution in [1.29, 1.82) is 0 Å². The number of aryl methyl sites for hydroxylation is 2. The lowest BCUT2D eigenvalue weighted by atomic mass is 10.2. The molecule has 2 heterocycles. The van der Waals surface area contributed by atoms with Crippen LogP contribution in [0.5, 0.6) is 0 Å². The minimum Gasteiger partial charge on any atom is -0.338 e. The van der Waals surface area contributed by atoms with Crippen LogP contribution in [-0.4, -0.2) is 59.3 Å². The van der Waals surface area contributed by atoms with Crippen molar-refractivity contribution in [2.45, 2.75) is 25.3 Å². The molecule has 2 aromatic carbocycles. The van der Waals surface area contributed by atoms with Gasteiger partial charge in [-0.15, -0.1) is 0 Å². The zero-order chi connectivity index (χ0) is 21.5. The maximum atomic E-state index is 13.1. The van der Waals surface area contributed by atoms with Crippen molar-refractivity contribution in [3.63, 3.8) is 0 Å². The van der Waals surface area contributed by atoms with E-state index in [9.17, 15) is 18.0 Å². The average Bonchev–Trinajstić information content (AvgIpc) is 3.05. The molecule has 1 aromatic heterocycles. The standard InChI is InChI=1S/C21H24N4O4S/c1-15-7-8-16(2)19(13-15)30(28,29)24-11-9-23(10-12-24)20(26)14-25-18-6-4-3-5-17(18)22-21(25)27/h3-8,13H,9-12,14H2,1-2H3,(H,22,27). The Bertz CT molecular complexity index is 1270. The van der Waals surface area contributed by atoms with Crippen LogP contribution in [0.1, 0.15) is 11.1 Å². The van der Waals surface area contributed by atoms with E-state index in [1.54, 1.807) is 36.1 Å². The van der Waals surface area contributed by atoms with Gasteiger partial charge in [0.2, 0.25) is 15.9 Å². The van der Waals surface area contributed by atoms with Gasteiger partial charge >= 0.3 is 5.69 Å². The summed E-state index contributed by atoms with van der Waals surface area (Å²) in [6.07, 6.45) is 0. The van der Waals surface area contributed by atoms with Gasteiger partial charge in [0.15, 0.2) is 0 Å². The number of imidazole rings is 1. The molecule has 3 aromatic rings. The number of H-pyrrole nitrogens is 1. The first-order valence-corrected chi connectivity index (χ1v) is 11.2. The predicted molar refractivity (Wildman–Crippen MR) is 114 cm³/mol. The number of carbonyl (C=O) groups is 1. The number of fused-ring (bicyclic) bond motifs is 1. The number of aromatic nitrogens is 2. The summed E-state index contributed by atoms with van der Waals surface area (Å²) in [5.74, 6) is -0.203. The van der Waals surface area contributed by atoms with Crippen molar-refractivity contribution in [1.82, 2.24) is 18.8 Å². The van der Waals surface area contributed by atoms with E-state index in [0.29, 0.717) is 34.6 Å². The van der Waals surface area contributed by atoms with Gasteiger partial charge in [0.1, 0.15) is 6.54 Å². The van der Waals surface area contributed by atoms with Crippen molar-refractivity contribution in [2.75, 3.05) is 26.2 Å². The second kappa shape index (κ2) is 7.73. The lowest BCUT2D eigenvalue weighted by molar-refractivity contribution is -0.133. The minimum atomic E-state index is -3.61. The quantitative estimate of drug-likeness (QED) is 0.681. The fourth-order valence-electron chi connectivity index (χ4n) is 3.80. The Balaban J connectivity index is 1.46. The van der Waals surface area contributed by atoms with Crippen LogP contribution in [0.4, 0.5) is 0 Å². The van der Waals surface area contributed by atoms with E-state index in [1.165, 1.54) is 8.87 Å². The summed E-state index contributed by atoms with van der Waals surface area (Å²) >= 11 is 0. The second-order valence-electron chi connectivity index (χ2n) is 7.59. The third kappa shape index (κ3) is 3.66. The van der Waals surface area contributed by atoms with Gasteiger partial charge in [-0.25, -0.2) is 13.2 Å². The molecule has 1 saturated heterocycles. The van der Waals surface area contributed by atoms with Crippen LogP contribution < -0.4 is 5.69 Å². The smallest absolute Gasteiger partial charge is 0.326 e. The van der Waals surface area contributed by atoms with Gasteiger partial charge in [-0.2, -0.15) is 4.31 Å². The second-order valence-corrected chi connectivity index (χ2v) is 9.49. The lowest BCUT2D eigenvalue weighted by Gasteiger charge is -2.34. The number of benzene rings is 2. The number of aromatic amines is 1. The number of nitrogens with zero attached hydrogens (tertiary/aromatic N) is 3. The van der Waals surface area contributed by atoms with Crippen LogP contribution in [0, 0.1) is 13.8 Å². The SMILES string of the molecule is Cc1ccc(C)c(S(=O)(=O)N2CCN(C(=O)Cn3c(=O)[nH]c4ccccc43)CC2)c1. The summed E-state index contributed by atoms with van der Waals surface area (Å²) in [6, 6.07) is 12.6. The fourth-order valence-corrected chi connectivity index (χ4v) is 5.53. The molecular formula is C21H24N4O4S. The molecule has 0 radical (unpaired) electrons. The van der Waals surface area contributed by atoms with Crippen LogP contribution >= 0.6 is 0 Å². The van der Waals surface area contributed by atoms with Crippen molar-refractivity contribution in [3.8, 4) is 0 Å². The van der Waals surface area contributed by atoms with E-state index in [-0.39, 0.29) is 31.2 Å². The Hall–Kier alpha value is -2.91. The number of piperazine rings is 1. The molecule has 1 aliphatic rings. The number of para-hydroxylation sites is 2. The van der Waals surface area contributed by atoms with Gasteiger partial charge in [-0.1, -0.05) is 24.3 Å². The number of sulfonamides is 1. The minimum absolute atomic E-state index is 0.0768. The van der Waals surface area contributed by atoms with E-state index < -0.39 is 10.0 Å². The highest BCUT2D eigenvalue weighted by Gasteiger charge is 2.31. The summed E-state index contributed by atoms with van der Waals surface area (Å²) in [7, 11) is -3.61. The number of hydrogen-bond acceptors (Lipinski definition) is 4. The van der Waals surface area contributed by atoms with E-state index in [0.717, 1.165) is 5.56 Å². The lowest BCUT2D eigenvalue weighted by Crippen LogP contribution is -2.51. The number of hydrogen-bond donors (Lipinski definition) is 1. The van der Waals surface area contributed by atoms with Crippen molar-refractivity contribution >= 4 is 27.0 Å². The summed E-state index contributed by atoms with van der Waals surface area (Å²) in [6.45, 7) is 4.61. The van der Waals surface area contributed by atoms with Crippen LogP contribution in [0.15, 0.2) is 52.2 Å². The largest absolute Gasteiger partial charge is 0.338 e. The molecule has 0 spiro atoms. The Labute approximate surface area is 174 Å². The summed E-state index contributed by atoms with van der Waals surface area (Å²) in [5.41, 5.74) is 2.61. The van der Waals surface area contributed by atoms with Crippen molar-refractivity contribution in [2.24, 2.45) is 0 Å². The Morgan fingerprint density at radius 3 is 2.47 bits per heavy atom. The third-order valence-electron chi connectivity index (χ3n) is 5.53. The first-order valence-electron chi connectivity index (χ1n) is 9.80. The molecule has 1 fully saturated rings. The molecule has 0 aliphatic carbocycles. The predicted octanol–water partition coefficient (Wildman–Crippen LogP) is 1.48. The Morgan fingerprint density at radius 2 is 1.73 bits per heavy atom. The average molecular weight is 429 g/mol. The molecule has 4 rings (SSSR count).